The lowest BCUT2D eigenvalue weighted by molar-refractivity contribution is 0.330. The minimum atomic E-state index is -3.62. The normalized spacial score (nSPS) is 17.3. The Morgan fingerprint density at radius 1 is 1.14 bits per heavy atom. The summed E-state index contributed by atoms with van der Waals surface area (Å²) in [5.41, 5.74) is 1.03. The van der Waals surface area contributed by atoms with Gasteiger partial charge in [0, 0.05) is 18.0 Å². The molecule has 0 bridgehead atoms. The Morgan fingerprint density at radius 2 is 1.86 bits per heavy atom. The third kappa shape index (κ3) is 2.90. The van der Waals surface area contributed by atoms with Gasteiger partial charge >= 0.3 is 0 Å². The second-order valence-electron chi connectivity index (χ2n) is 4.83. The fourth-order valence-corrected chi connectivity index (χ4v) is 3.95. The van der Waals surface area contributed by atoms with Gasteiger partial charge in [0.2, 0.25) is 10.0 Å². The summed E-state index contributed by atoms with van der Waals surface area (Å²) in [5, 5.41) is 0.216. The zero-order valence-electron chi connectivity index (χ0n) is 11.1. The van der Waals surface area contributed by atoms with Crippen molar-refractivity contribution in [2.75, 3.05) is 13.2 Å². The molecule has 0 aliphatic carbocycles. The summed E-state index contributed by atoms with van der Waals surface area (Å²) in [6.45, 7) is 0.759. The zero-order valence-corrected chi connectivity index (χ0v) is 12.7. The van der Waals surface area contributed by atoms with Crippen molar-refractivity contribution in [2.24, 2.45) is 0 Å². The van der Waals surface area contributed by atoms with Crippen LogP contribution in [-0.2, 0) is 10.0 Å². The van der Waals surface area contributed by atoms with Crippen molar-refractivity contribution in [1.29, 1.82) is 0 Å². The summed E-state index contributed by atoms with van der Waals surface area (Å²) in [7, 11) is -3.62. The smallest absolute Gasteiger partial charge is 0.242 e. The Labute approximate surface area is 128 Å². The molecule has 0 fully saturated rings. The van der Waals surface area contributed by atoms with E-state index in [1.54, 1.807) is 18.2 Å². The van der Waals surface area contributed by atoms with Crippen molar-refractivity contribution < 1.29 is 13.2 Å². The molecular formula is C15H14ClNO3S. The first-order valence-corrected chi connectivity index (χ1v) is 8.40. The topological polar surface area (TPSA) is 55.4 Å². The Hall–Kier alpha value is -1.56. The fourth-order valence-electron chi connectivity index (χ4n) is 2.35. The Kier molecular flexibility index (Phi) is 3.89. The summed E-state index contributed by atoms with van der Waals surface area (Å²) < 4.78 is 32.7. The summed E-state index contributed by atoms with van der Waals surface area (Å²) in [5.74, 6) is 0.831. The molecule has 1 aliphatic rings. The van der Waals surface area contributed by atoms with Gasteiger partial charge in [-0.3, -0.25) is 0 Å². The summed E-state index contributed by atoms with van der Waals surface area (Å²) in [6, 6.07) is 14.1. The average molecular weight is 324 g/mol. The van der Waals surface area contributed by atoms with E-state index in [-0.39, 0.29) is 22.4 Å². The van der Waals surface area contributed by atoms with Gasteiger partial charge < -0.3 is 4.74 Å². The number of sulfonamides is 1. The maximum atomic E-state index is 12.3. The molecule has 0 saturated carbocycles. The summed E-state index contributed by atoms with van der Waals surface area (Å²) in [4.78, 5) is 0.0962. The molecule has 1 N–H and O–H groups in total. The van der Waals surface area contributed by atoms with Crippen LogP contribution in [-0.4, -0.2) is 21.6 Å². The van der Waals surface area contributed by atoms with E-state index in [1.807, 2.05) is 24.3 Å². The maximum Gasteiger partial charge on any atom is 0.242 e. The number of rotatable bonds is 4. The fraction of sp³-hybridized carbons (Fsp3) is 0.200. The molecule has 0 spiro atoms. The van der Waals surface area contributed by atoms with Crippen LogP contribution in [0.5, 0.6) is 5.75 Å². The van der Waals surface area contributed by atoms with Crippen molar-refractivity contribution in [1.82, 2.24) is 4.72 Å². The molecule has 110 valence electrons. The first-order chi connectivity index (χ1) is 10.1. The second kappa shape index (κ2) is 5.67. The molecule has 1 atom stereocenters. The van der Waals surface area contributed by atoms with E-state index in [0.717, 1.165) is 11.3 Å². The number of benzene rings is 2. The van der Waals surface area contributed by atoms with Crippen LogP contribution < -0.4 is 9.46 Å². The van der Waals surface area contributed by atoms with Crippen molar-refractivity contribution >= 4 is 21.6 Å². The number of nitrogens with one attached hydrogen (secondary N) is 1. The van der Waals surface area contributed by atoms with Gasteiger partial charge in [0.1, 0.15) is 10.6 Å². The SMILES string of the molecule is O=S(=O)(NCC1COc2ccccc21)c1ccccc1Cl. The second-order valence-corrected chi connectivity index (χ2v) is 6.97. The van der Waals surface area contributed by atoms with E-state index in [9.17, 15) is 8.42 Å². The van der Waals surface area contributed by atoms with E-state index in [2.05, 4.69) is 4.72 Å². The molecule has 0 aromatic heterocycles. The molecule has 2 aromatic carbocycles. The van der Waals surface area contributed by atoms with E-state index in [4.69, 9.17) is 16.3 Å². The largest absolute Gasteiger partial charge is 0.493 e. The quantitative estimate of drug-likeness (QED) is 0.941. The molecule has 1 heterocycles. The van der Waals surface area contributed by atoms with E-state index >= 15 is 0 Å². The van der Waals surface area contributed by atoms with Crippen molar-refractivity contribution in [3.8, 4) is 5.75 Å². The third-order valence-corrected chi connectivity index (χ3v) is 5.37. The lowest BCUT2D eigenvalue weighted by atomic mass is 10.0. The van der Waals surface area contributed by atoms with Gasteiger partial charge in [-0.15, -0.1) is 0 Å². The molecule has 0 amide bonds. The molecule has 0 radical (unpaired) electrons. The molecule has 0 saturated heterocycles. The van der Waals surface area contributed by atoms with Gasteiger partial charge in [-0.1, -0.05) is 41.9 Å². The van der Waals surface area contributed by atoms with E-state index < -0.39 is 10.0 Å². The van der Waals surface area contributed by atoms with Gasteiger partial charge in [-0.25, -0.2) is 13.1 Å². The molecule has 21 heavy (non-hydrogen) atoms. The zero-order chi connectivity index (χ0) is 14.9. The number of fused-ring (bicyclic) bond motifs is 1. The van der Waals surface area contributed by atoms with Crippen LogP contribution in [0.4, 0.5) is 0 Å². The highest BCUT2D eigenvalue weighted by Crippen LogP contribution is 2.33. The van der Waals surface area contributed by atoms with Gasteiger partial charge in [-0.2, -0.15) is 0 Å². The molecule has 1 unspecified atom stereocenters. The Morgan fingerprint density at radius 3 is 2.67 bits per heavy atom. The minimum absolute atomic E-state index is 0.0125. The van der Waals surface area contributed by atoms with Crippen LogP contribution >= 0.6 is 11.6 Å². The molecular weight excluding hydrogens is 310 g/mol. The number of ether oxygens (including phenoxy) is 1. The summed E-state index contributed by atoms with van der Waals surface area (Å²) in [6.07, 6.45) is 0. The lowest BCUT2D eigenvalue weighted by Crippen LogP contribution is -2.29. The predicted molar refractivity (Wildman–Crippen MR) is 81.3 cm³/mol. The van der Waals surface area contributed by atoms with E-state index in [0.29, 0.717) is 6.61 Å². The Bertz CT molecular complexity index is 761. The standard InChI is InChI=1S/C15H14ClNO3S/c16-13-6-2-4-8-15(13)21(18,19)17-9-11-10-20-14-7-3-1-5-12(11)14/h1-8,11,17H,9-10H2. The number of para-hydroxylation sites is 1. The highest BCUT2D eigenvalue weighted by molar-refractivity contribution is 7.89. The van der Waals surface area contributed by atoms with Crippen LogP contribution in [0.1, 0.15) is 11.5 Å². The molecule has 3 rings (SSSR count). The molecule has 6 heteroatoms. The molecule has 4 nitrogen and oxygen atoms in total. The predicted octanol–water partition coefficient (Wildman–Crippen LogP) is 2.79. The van der Waals surface area contributed by atoms with Crippen LogP contribution in [0.2, 0.25) is 5.02 Å². The van der Waals surface area contributed by atoms with Crippen molar-refractivity contribution in [3.05, 3.63) is 59.1 Å². The highest BCUT2D eigenvalue weighted by atomic mass is 35.5. The number of hydrogen-bond donors (Lipinski definition) is 1. The number of hydrogen-bond acceptors (Lipinski definition) is 3. The highest BCUT2D eigenvalue weighted by Gasteiger charge is 2.26. The summed E-state index contributed by atoms with van der Waals surface area (Å²) >= 11 is 5.94. The first-order valence-electron chi connectivity index (χ1n) is 6.54. The van der Waals surface area contributed by atoms with Gasteiger partial charge in [0.25, 0.3) is 0 Å². The minimum Gasteiger partial charge on any atom is -0.493 e. The van der Waals surface area contributed by atoms with E-state index in [1.165, 1.54) is 6.07 Å². The third-order valence-electron chi connectivity index (χ3n) is 3.44. The molecule has 1 aliphatic heterocycles. The van der Waals surface area contributed by atoms with Crippen molar-refractivity contribution in [2.45, 2.75) is 10.8 Å². The van der Waals surface area contributed by atoms with Gasteiger partial charge in [-0.05, 0) is 18.2 Å². The molecule has 2 aromatic rings. The van der Waals surface area contributed by atoms with Crippen LogP contribution in [0, 0.1) is 0 Å². The van der Waals surface area contributed by atoms with Gasteiger partial charge in [0.15, 0.2) is 0 Å². The van der Waals surface area contributed by atoms with Crippen LogP contribution in [0.25, 0.3) is 0 Å². The van der Waals surface area contributed by atoms with Crippen LogP contribution in [0.15, 0.2) is 53.4 Å². The number of halogens is 1. The first kappa shape index (κ1) is 14.4. The van der Waals surface area contributed by atoms with Gasteiger partial charge in [0.05, 0.1) is 11.6 Å². The maximum absolute atomic E-state index is 12.3. The monoisotopic (exact) mass is 323 g/mol. The van der Waals surface area contributed by atoms with Crippen molar-refractivity contribution in [3.63, 3.8) is 0 Å². The Balaban J connectivity index is 1.76. The van der Waals surface area contributed by atoms with Crippen LogP contribution in [0.3, 0.4) is 0 Å². The lowest BCUT2D eigenvalue weighted by Gasteiger charge is -2.12. The average Bonchev–Trinajstić information content (AvgIpc) is 2.89.